The number of hydrogen-bond acceptors (Lipinski definition) is 9. The van der Waals surface area contributed by atoms with Crippen molar-refractivity contribution < 1.29 is 18.7 Å². The first-order valence-electron chi connectivity index (χ1n) is 13.6. The molecule has 41 heavy (non-hydrogen) atoms. The molecule has 0 unspecified atom stereocenters. The maximum absolute atomic E-state index is 13.7. The van der Waals surface area contributed by atoms with E-state index < -0.39 is 6.29 Å². The van der Waals surface area contributed by atoms with Gasteiger partial charge in [-0.2, -0.15) is 0 Å². The molecule has 2 saturated heterocycles. The van der Waals surface area contributed by atoms with E-state index >= 15 is 0 Å². The van der Waals surface area contributed by atoms with Crippen molar-refractivity contribution in [1.29, 1.82) is 0 Å². The zero-order valence-electron chi connectivity index (χ0n) is 22.7. The minimum atomic E-state index is -0.555. The third kappa shape index (κ3) is 6.40. The molecule has 0 spiro atoms. The molecule has 2 aliphatic rings. The lowest BCUT2D eigenvalue weighted by molar-refractivity contribution is -0.204. The SMILES string of the molecule is CN1CCN(C(=O)C2COC(Cc3nc(-c4ccc(F)cc4)c(-c4ccnc(Nc5ccncc5)n4)[nH]3)OC2)CC1. The van der Waals surface area contributed by atoms with Gasteiger partial charge in [0, 0.05) is 56.0 Å². The second-order valence-electron chi connectivity index (χ2n) is 10.2. The maximum Gasteiger partial charge on any atom is 0.230 e. The van der Waals surface area contributed by atoms with Gasteiger partial charge in [0.1, 0.15) is 11.6 Å². The van der Waals surface area contributed by atoms with Gasteiger partial charge < -0.3 is 29.6 Å². The largest absolute Gasteiger partial charge is 0.351 e. The molecule has 2 N–H and O–H groups in total. The Morgan fingerprint density at radius 1 is 1.00 bits per heavy atom. The van der Waals surface area contributed by atoms with Crippen LogP contribution in [0.4, 0.5) is 16.0 Å². The second-order valence-corrected chi connectivity index (χ2v) is 10.2. The fourth-order valence-electron chi connectivity index (χ4n) is 4.89. The van der Waals surface area contributed by atoms with Crippen molar-refractivity contribution in [3.05, 3.63) is 72.7 Å². The average Bonchev–Trinajstić information content (AvgIpc) is 3.42. The van der Waals surface area contributed by atoms with Crippen LogP contribution < -0.4 is 5.32 Å². The number of pyridine rings is 1. The van der Waals surface area contributed by atoms with Gasteiger partial charge in [0.2, 0.25) is 11.9 Å². The Bertz CT molecular complexity index is 1470. The Morgan fingerprint density at radius 3 is 2.46 bits per heavy atom. The third-order valence-corrected chi connectivity index (χ3v) is 7.21. The van der Waals surface area contributed by atoms with Gasteiger partial charge in [0.25, 0.3) is 0 Å². The molecule has 0 atom stereocenters. The molecule has 1 aromatic carbocycles. The molecule has 5 heterocycles. The number of benzene rings is 1. The van der Waals surface area contributed by atoms with Crippen LogP contribution in [-0.2, 0) is 20.7 Å². The molecule has 212 valence electrons. The molecular weight excluding hydrogens is 527 g/mol. The number of piperazine rings is 1. The van der Waals surface area contributed by atoms with Crippen LogP contribution >= 0.6 is 0 Å². The number of nitrogens with one attached hydrogen (secondary N) is 2. The summed E-state index contributed by atoms with van der Waals surface area (Å²) >= 11 is 0. The monoisotopic (exact) mass is 558 g/mol. The number of H-pyrrole nitrogens is 1. The van der Waals surface area contributed by atoms with Crippen LogP contribution in [0.5, 0.6) is 0 Å². The lowest BCUT2D eigenvalue weighted by Gasteiger charge is -2.36. The molecule has 3 aromatic heterocycles. The van der Waals surface area contributed by atoms with E-state index in [2.05, 4.69) is 37.2 Å². The first kappa shape index (κ1) is 26.9. The van der Waals surface area contributed by atoms with Gasteiger partial charge in [-0.25, -0.2) is 19.3 Å². The Hall–Kier alpha value is -4.26. The van der Waals surface area contributed by atoms with Gasteiger partial charge in [-0.1, -0.05) is 0 Å². The molecule has 12 heteroatoms. The second kappa shape index (κ2) is 12.1. The number of ether oxygens (including phenoxy) is 2. The summed E-state index contributed by atoms with van der Waals surface area (Å²) in [5, 5.41) is 3.17. The Labute approximate surface area is 236 Å². The van der Waals surface area contributed by atoms with Crippen molar-refractivity contribution >= 4 is 17.5 Å². The number of rotatable bonds is 7. The van der Waals surface area contributed by atoms with Gasteiger partial charge in [0.15, 0.2) is 6.29 Å². The molecule has 2 aliphatic heterocycles. The van der Waals surface area contributed by atoms with Crippen molar-refractivity contribution in [2.75, 3.05) is 51.8 Å². The van der Waals surface area contributed by atoms with Gasteiger partial charge in [-0.3, -0.25) is 9.78 Å². The smallest absolute Gasteiger partial charge is 0.230 e. The molecule has 2 fully saturated rings. The molecule has 1 amide bonds. The van der Waals surface area contributed by atoms with Crippen molar-refractivity contribution in [2.45, 2.75) is 12.7 Å². The lowest BCUT2D eigenvalue weighted by Crippen LogP contribution is -2.51. The van der Waals surface area contributed by atoms with Crippen molar-refractivity contribution in [2.24, 2.45) is 5.92 Å². The fourth-order valence-corrected chi connectivity index (χ4v) is 4.89. The summed E-state index contributed by atoms with van der Waals surface area (Å²) < 4.78 is 25.6. The van der Waals surface area contributed by atoms with Gasteiger partial charge >= 0.3 is 0 Å². The van der Waals surface area contributed by atoms with Crippen LogP contribution in [0.3, 0.4) is 0 Å². The highest BCUT2D eigenvalue weighted by Gasteiger charge is 2.32. The summed E-state index contributed by atoms with van der Waals surface area (Å²) in [7, 11) is 2.06. The highest BCUT2D eigenvalue weighted by molar-refractivity contribution is 5.79. The Kier molecular flexibility index (Phi) is 7.94. The highest BCUT2D eigenvalue weighted by atomic mass is 19.1. The van der Waals surface area contributed by atoms with Crippen molar-refractivity contribution in [1.82, 2.24) is 34.7 Å². The van der Waals surface area contributed by atoms with E-state index in [-0.39, 0.29) is 17.6 Å². The van der Waals surface area contributed by atoms with Crippen LogP contribution in [-0.4, -0.2) is 93.4 Å². The Balaban J connectivity index is 1.19. The zero-order valence-corrected chi connectivity index (χ0v) is 22.7. The summed E-state index contributed by atoms with van der Waals surface area (Å²) in [6.45, 7) is 3.77. The molecule has 0 bridgehead atoms. The predicted molar refractivity (Wildman–Crippen MR) is 149 cm³/mol. The average molecular weight is 559 g/mol. The molecular formula is C29H31FN8O3. The number of carbonyl (C=O) groups is 1. The van der Waals surface area contributed by atoms with Crippen LogP contribution in [0.15, 0.2) is 61.1 Å². The van der Waals surface area contributed by atoms with Crippen LogP contribution in [0, 0.1) is 11.7 Å². The lowest BCUT2D eigenvalue weighted by atomic mass is 10.1. The van der Waals surface area contributed by atoms with Gasteiger partial charge in [0.05, 0.1) is 42.6 Å². The van der Waals surface area contributed by atoms with E-state index in [9.17, 15) is 9.18 Å². The van der Waals surface area contributed by atoms with E-state index in [1.807, 2.05) is 17.0 Å². The number of likely N-dealkylation sites (N-methyl/N-ethyl adjacent to an activating group) is 1. The minimum absolute atomic E-state index is 0.0790. The first-order chi connectivity index (χ1) is 20.0. The molecule has 4 aromatic rings. The number of amides is 1. The van der Waals surface area contributed by atoms with E-state index in [0.29, 0.717) is 48.5 Å². The summed E-state index contributed by atoms with van der Waals surface area (Å²) in [6.07, 6.45) is 4.81. The highest BCUT2D eigenvalue weighted by Crippen LogP contribution is 2.31. The minimum Gasteiger partial charge on any atom is -0.351 e. The first-order valence-corrected chi connectivity index (χ1v) is 13.6. The predicted octanol–water partition coefficient (Wildman–Crippen LogP) is 3.12. The van der Waals surface area contributed by atoms with Crippen LogP contribution in [0.1, 0.15) is 5.82 Å². The van der Waals surface area contributed by atoms with E-state index in [1.54, 1.807) is 36.8 Å². The molecule has 11 nitrogen and oxygen atoms in total. The van der Waals surface area contributed by atoms with Crippen LogP contribution in [0.25, 0.3) is 22.6 Å². The number of nitrogens with zero attached hydrogens (tertiary/aromatic N) is 6. The number of anilines is 2. The summed E-state index contributed by atoms with van der Waals surface area (Å²) in [4.78, 5) is 38.3. The summed E-state index contributed by atoms with van der Waals surface area (Å²) in [5.41, 5.74) is 3.42. The number of aromatic amines is 1. The van der Waals surface area contributed by atoms with E-state index in [0.717, 1.165) is 37.4 Å². The van der Waals surface area contributed by atoms with Crippen molar-refractivity contribution in [3.63, 3.8) is 0 Å². The maximum atomic E-state index is 13.7. The molecule has 0 aliphatic carbocycles. The van der Waals surface area contributed by atoms with E-state index in [4.69, 9.17) is 14.5 Å². The molecule has 6 rings (SSSR count). The molecule has 0 saturated carbocycles. The quantitative estimate of drug-likeness (QED) is 0.352. The number of imidazole rings is 1. The Morgan fingerprint density at radius 2 is 1.73 bits per heavy atom. The molecule has 0 radical (unpaired) electrons. The third-order valence-electron chi connectivity index (χ3n) is 7.21. The number of carbonyl (C=O) groups excluding carboxylic acids is 1. The van der Waals surface area contributed by atoms with E-state index in [1.165, 1.54) is 12.1 Å². The standard InChI is InChI=1S/C29H31FN8O3/c1-37-12-14-38(15-13-37)28(39)20-17-40-25(41-18-20)16-24-35-26(19-2-4-21(30)5-3-19)27(36-24)23-8-11-32-29(34-23)33-22-6-9-31-10-7-22/h2-11,20,25H,12-18H2,1H3,(H,35,36)(H,31,32,33,34). The normalized spacial score (nSPS) is 19.7. The van der Waals surface area contributed by atoms with Crippen molar-refractivity contribution in [3.8, 4) is 22.6 Å². The van der Waals surface area contributed by atoms with Gasteiger partial charge in [-0.15, -0.1) is 0 Å². The zero-order chi connectivity index (χ0) is 28.2. The topological polar surface area (TPSA) is 121 Å². The number of hydrogen-bond donors (Lipinski definition) is 2. The summed E-state index contributed by atoms with van der Waals surface area (Å²) in [5.74, 6) is 0.459. The summed E-state index contributed by atoms with van der Waals surface area (Å²) in [6, 6.07) is 11.6. The number of halogens is 1. The number of aromatic nitrogens is 5. The van der Waals surface area contributed by atoms with Crippen LogP contribution in [0.2, 0.25) is 0 Å². The fraction of sp³-hybridized carbons (Fsp3) is 0.345. The van der Waals surface area contributed by atoms with Gasteiger partial charge in [-0.05, 0) is 49.5 Å².